The van der Waals surface area contributed by atoms with Crippen molar-refractivity contribution in [1.29, 1.82) is 0 Å². The minimum Gasteiger partial charge on any atom is -0.367 e. The molecular weight excluding hydrogens is 310 g/mol. The Kier molecular flexibility index (Phi) is 3.70. The van der Waals surface area contributed by atoms with Gasteiger partial charge in [0, 0.05) is 6.54 Å². The summed E-state index contributed by atoms with van der Waals surface area (Å²) in [6.45, 7) is 3.58. The molecule has 1 aromatic rings. The molecule has 4 saturated carbocycles. The van der Waals surface area contributed by atoms with E-state index in [1.165, 1.54) is 24.8 Å². The molecule has 3 heteroatoms. The third kappa shape index (κ3) is 2.71. The van der Waals surface area contributed by atoms with Crippen LogP contribution in [-0.2, 0) is 9.53 Å². The number of carbonyl (C=O) groups excluding carboxylic acids is 1. The van der Waals surface area contributed by atoms with Gasteiger partial charge in [-0.05, 0) is 68.8 Å². The lowest BCUT2D eigenvalue weighted by atomic mass is 9.49. The van der Waals surface area contributed by atoms with E-state index in [1.807, 2.05) is 6.07 Å². The molecule has 1 aromatic carbocycles. The van der Waals surface area contributed by atoms with Gasteiger partial charge in [-0.2, -0.15) is 0 Å². The second kappa shape index (κ2) is 5.84. The number of ether oxygens (including phenoxy) is 1. The van der Waals surface area contributed by atoms with E-state index in [-0.39, 0.29) is 17.6 Å². The van der Waals surface area contributed by atoms with Gasteiger partial charge >= 0.3 is 0 Å². The summed E-state index contributed by atoms with van der Waals surface area (Å²) < 4.78 is 6.18. The van der Waals surface area contributed by atoms with Crippen molar-refractivity contribution in [3.05, 3.63) is 35.9 Å². The Labute approximate surface area is 150 Å². The standard InChI is InChI=1S/C22H29NO2/c1-15-13-23(14-20(25-15)19-5-3-2-4-6-19)21(24)22-10-16-7-17(11-22)9-18(8-16)12-22/h2-6,15-18,20H,7-14H2,1H3. The molecule has 0 N–H and O–H groups in total. The van der Waals surface area contributed by atoms with Crippen molar-refractivity contribution in [2.45, 2.75) is 57.7 Å². The molecule has 5 fully saturated rings. The molecule has 25 heavy (non-hydrogen) atoms. The van der Waals surface area contributed by atoms with Gasteiger partial charge in [0.25, 0.3) is 0 Å². The minimum atomic E-state index is -0.0347. The second-order valence-electron chi connectivity index (χ2n) is 9.25. The molecule has 2 atom stereocenters. The zero-order valence-electron chi connectivity index (χ0n) is 15.2. The van der Waals surface area contributed by atoms with Crippen molar-refractivity contribution >= 4 is 5.91 Å². The Morgan fingerprint density at radius 1 is 1.00 bits per heavy atom. The first-order valence-corrected chi connectivity index (χ1v) is 10.1. The van der Waals surface area contributed by atoms with Crippen LogP contribution >= 0.6 is 0 Å². The van der Waals surface area contributed by atoms with E-state index in [0.717, 1.165) is 50.1 Å². The molecule has 1 amide bonds. The maximum Gasteiger partial charge on any atom is 0.229 e. The van der Waals surface area contributed by atoms with E-state index in [1.54, 1.807) is 0 Å². The maximum atomic E-state index is 13.6. The van der Waals surface area contributed by atoms with Crippen molar-refractivity contribution in [2.24, 2.45) is 23.2 Å². The lowest BCUT2D eigenvalue weighted by Gasteiger charge is -2.57. The van der Waals surface area contributed by atoms with Gasteiger partial charge in [-0.3, -0.25) is 4.79 Å². The average molecular weight is 339 g/mol. The van der Waals surface area contributed by atoms with Crippen LogP contribution in [0.1, 0.15) is 57.1 Å². The summed E-state index contributed by atoms with van der Waals surface area (Å²) in [6.07, 6.45) is 7.74. The van der Waals surface area contributed by atoms with Crippen LogP contribution in [0.5, 0.6) is 0 Å². The molecule has 3 nitrogen and oxygen atoms in total. The smallest absolute Gasteiger partial charge is 0.229 e. The highest BCUT2D eigenvalue weighted by molar-refractivity contribution is 5.83. The van der Waals surface area contributed by atoms with Gasteiger partial charge in [0.05, 0.1) is 18.1 Å². The average Bonchev–Trinajstić information content (AvgIpc) is 2.60. The number of benzene rings is 1. The molecule has 1 aliphatic heterocycles. The summed E-state index contributed by atoms with van der Waals surface area (Å²) in [6, 6.07) is 10.4. The number of carbonyl (C=O) groups is 1. The van der Waals surface area contributed by atoms with Gasteiger partial charge in [-0.15, -0.1) is 0 Å². The molecule has 4 bridgehead atoms. The van der Waals surface area contributed by atoms with Crippen molar-refractivity contribution in [3.63, 3.8) is 0 Å². The first-order chi connectivity index (χ1) is 12.1. The normalized spacial score (nSPS) is 42.6. The number of amides is 1. The summed E-state index contributed by atoms with van der Waals surface area (Å²) in [4.78, 5) is 15.8. The van der Waals surface area contributed by atoms with Gasteiger partial charge in [-0.25, -0.2) is 0 Å². The van der Waals surface area contributed by atoms with Gasteiger partial charge in [0.1, 0.15) is 6.10 Å². The molecule has 1 heterocycles. The third-order valence-electron chi connectivity index (χ3n) is 7.21. The fourth-order valence-electron chi connectivity index (χ4n) is 6.68. The topological polar surface area (TPSA) is 29.5 Å². The first kappa shape index (κ1) is 15.9. The van der Waals surface area contributed by atoms with Crippen LogP contribution in [0.25, 0.3) is 0 Å². The molecule has 0 spiro atoms. The monoisotopic (exact) mass is 339 g/mol. The zero-order chi connectivity index (χ0) is 17.0. The van der Waals surface area contributed by atoms with Crippen molar-refractivity contribution in [2.75, 3.05) is 13.1 Å². The highest BCUT2D eigenvalue weighted by atomic mass is 16.5. The zero-order valence-corrected chi connectivity index (χ0v) is 15.2. The van der Waals surface area contributed by atoms with Gasteiger partial charge < -0.3 is 9.64 Å². The molecule has 0 radical (unpaired) electrons. The fourth-order valence-corrected chi connectivity index (χ4v) is 6.68. The van der Waals surface area contributed by atoms with Crippen molar-refractivity contribution in [3.8, 4) is 0 Å². The van der Waals surface area contributed by atoms with Crippen LogP contribution in [-0.4, -0.2) is 30.0 Å². The summed E-state index contributed by atoms with van der Waals surface area (Å²) in [5, 5.41) is 0. The van der Waals surface area contributed by atoms with Gasteiger partial charge in [-0.1, -0.05) is 30.3 Å². The fraction of sp³-hybridized carbons (Fsp3) is 0.682. The van der Waals surface area contributed by atoms with Crippen LogP contribution in [0.3, 0.4) is 0 Å². The van der Waals surface area contributed by atoms with E-state index in [9.17, 15) is 4.79 Å². The predicted octanol–water partition coefficient (Wildman–Crippen LogP) is 4.19. The molecule has 4 aliphatic carbocycles. The number of morpholine rings is 1. The summed E-state index contributed by atoms with van der Waals surface area (Å²) >= 11 is 0. The largest absolute Gasteiger partial charge is 0.367 e. The van der Waals surface area contributed by atoms with Crippen LogP contribution in [0.15, 0.2) is 30.3 Å². The highest BCUT2D eigenvalue weighted by Gasteiger charge is 2.56. The molecule has 134 valence electrons. The molecule has 1 saturated heterocycles. The van der Waals surface area contributed by atoms with Crippen molar-refractivity contribution < 1.29 is 9.53 Å². The SMILES string of the molecule is CC1CN(C(=O)C23CC4CC(CC(C4)C2)C3)CC(c2ccccc2)O1. The van der Waals surface area contributed by atoms with Crippen LogP contribution in [0, 0.1) is 23.2 Å². The number of hydrogen-bond donors (Lipinski definition) is 0. The van der Waals surface area contributed by atoms with Crippen LogP contribution in [0.2, 0.25) is 0 Å². The highest BCUT2D eigenvalue weighted by Crippen LogP contribution is 2.60. The quantitative estimate of drug-likeness (QED) is 0.808. The van der Waals surface area contributed by atoms with E-state index in [4.69, 9.17) is 4.74 Å². The molecule has 0 aromatic heterocycles. The minimum absolute atomic E-state index is 0.0165. The van der Waals surface area contributed by atoms with E-state index >= 15 is 0 Å². The molecule has 2 unspecified atom stereocenters. The summed E-state index contributed by atoms with van der Waals surface area (Å²) in [7, 11) is 0. The summed E-state index contributed by atoms with van der Waals surface area (Å²) in [5.74, 6) is 2.90. The van der Waals surface area contributed by atoms with Crippen LogP contribution in [0.4, 0.5) is 0 Å². The second-order valence-corrected chi connectivity index (χ2v) is 9.25. The van der Waals surface area contributed by atoms with Crippen molar-refractivity contribution in [1.82, 2.24) is 4.90 Å². The van der Waals surface area contributed by atoms with E-state index < -0.39 is 0 Å². The molecular formula is C22H29NO2. The summed E-state index contributed by atoms with van der Waals surface area (Å²) in [5.41, 5.74) is 1.16. The number of nitrogens with zero attached hydrogens (tertiary/aromatic N) is 1. The molecule has 5 aliphatic rings. The maximum absolute atomic E-state index is 13.6. The first-order valence-electron chi connectivity index (χ1n) is 10.1. The Hall–Kier alpha value is -1.35. The molecule has 6 rings (SSSR count). The predicted molar refractivity (Wildman–Crippen MR) is 96.9 cm³/mol. The lowest BCUT2D eigenvalue weighted by Crippen LogP contribution is -2.57. The third-order valence-corrected chi connectivity index (χ3v) is 7.21. The Balaban J connectivity index is 1.38. The number of rotatable bonds is 2. The van der Waals surface area contributed by atoms with Gasteiger partial charge in [0.2, 0.25) is 5.91 Å². The number of hydrogen-bond acceptors (Lipinski definition) is 2. The Morgan fingerprint density at radius 2 is 1.60 bits per heavy atom. The van der Waals surface area contributed by atoms with Crippen LogP contribution < -0.4 is 0 Å². The van der Waals surface area contributed by atoms with E-state index in [0.29, 0.717) is 5.91 Å². The Morgan fingerprint density at radius 3 is 2.20 bits per heavy atom. The Bertz CT molecular complexity index is 620. The van der Waals surface area contributed by atoms with Gasteiger partial charge in [0.15, 0.2) is 0 Å². The van der Waals surface area contributed by atoms with E-state index in [2.05, 4.69) is 36.1 Å². The lowest BCUT2D eigenvalue weighted by molar-refractivity contribution is -0.169.